The SMILES string of the molecule is CCNC(C)c1ccccc1NC(=O)CCC(F)(F)F. The summed E-state index contributed by atoms with van der Waals surface area (Å²) in [7, 11) is 0. The van der Waals surface area contributed by atoms with Crippen molar-refractivity contribution < 1.29 is 18.0 Å². The number of halogens is 3. The Morgan fingerprint density at radius 1 is 1.30 bits per heavy atom. The molecule has 1 aromatic carbocycles. The van der Waals surface area contributed by atoms with Gasteiger partial charge in [0.15, 0.2) is 0 Å². The topological polar surface area (TPSA) is 41.1 Å². The Morgan fingerprint density at radius 3 is 2.55 bits per heavy atom. The molecule has 3 nitrogen and oxygen atoms in total. The lowest BCUT2D eigenvalue weighted by molar-refractivity contribution is -0.142. The lowest BCUT2D eigenvalue weighted by Gasteiger charge is -2.17. The van der Waals surface area contributed by atoms with E-state index in [4.69, 9.17) is 0 Å². The number of para-hydroxylation sites is 1. The quantitative estimate of drug-likeness (QED) is 0.839. The number of amides is 1. The van der Waals surface area contributed by atoms with Crippen molar-refractivity contribution in [2.45, 2.75) is 38.9 Å². The molecule has 0 heterocycles. The summed E-state index contributed by atoms with van der Waals surface area (Å²) in [5.74, 6) is -0.626. The Hall–Kier alpha value is -1.56. The molecule has 112 valence electrons. The van der Waals surface area contributed by atoms with Crippen LogP contribution in [-0.4, -0.2) is 18.6 Å². The fourth-order valence-corrected chi connectivity index (χ4v) is 1.87. The first-order valence-corrected chi connectivity index (χ1v) is 6.52. The van der Waals surface area contributed by atoms with Crippen molar-refractivity contribution >= 4 is 11.6 Å². The van der Waals surface area contributed by atoms with Crippen LogP contribution < -0.4 is 10.6 Å². The Morgan fingerprint density at radius 2 is 1.95 bits per heavy atom. The molecule has 0 saturated heterocycles. The van der Waals surface area contributed by atoms with E-state index in [-0.39, 0.29) is 6.04 Å². The van der Waals surface area contributed by atoms with Crippen LogP contribution in [0.4, 0.5) is 18.9 Å². The van der Waals surface area contributed by atoms with E-state index in [0.29, 0.717) is 5.69 Å². The van der Waals surface area contributed by atoms with Crippen LogP contribution in [0.2, 0.25) is 0 Å². The summed E-state index contributed by atoms with van der Waals surface area (Å²) in [5.41, 5.74) is 1.41. The second kappa shape index (κ2) is 7.28. The van der Waals surface area contributed by atoms with Gasteiger partial charge in [-0.25, -0.2) is 0 Å². The van der Waals surface area contributed by atoms with Gasteiger partial charge >= 0.3 is 6.18 Å². The number of alkyl halides is 3. The average Bonchev–Trinajstić information content (AvgIpc) is 2.36. The highest BCUT2D eigenvalue weighted by molar-refractivity contribution is 5.91. The number of nitrogens with one attached hydrogen (secondary N) is 2. The highest BCUT2D eigenvalue weighted by Gasteiger charge is 2.28. The van der Waals surface area contributed by atoms with E-state index < -0.39 is 24.9 Å². The van der Waals surface area contributed by atoms with Crippen molar-refractivity contribution in [3.63, 3.8) is 0 Å². The number of carbonyl (C=O) groups is 1. The number of hydrogen-bond acceptors (Lipinski definition) is 2. The molecule has 1 atom stereocenters. The van der Waals surface area contributed by atoms with E-state index in [1.807, 2.05) is 26.0 Å². The van der Waals surface area contributed by atoms with E-state index in [2.05, 4.69) is 10.6 Å². The molecular weight excluding hydrogens is 269 g/mol. The number of anilines is 1. The monoisotopic (exact) mass is 288 g/mol. The fourth-order valence-electron chi connectivity index (χ4n) is 1.87. The molecular formula is C14H19F3N2O. The maximum absolute atomic E-state index is 12.1. The van der Waals surface area contributed by atoms with Crippen LogP contribution in [0.5, 0.6) is 0 Å². The lowest BCUT2D eigenvalue weighted by atomic mass is 10.1. The summed E-state index contributed by atoms with van der Waals surface area (Å²) in [6, 6.07) is 7.11. The van der Waals surface area contributed by atoms with Gasteiger partial charge in [-0.2, -0.15) is 13.2 Å². The Balaban J connectivity index is 2.70. The molecule has 1 amide bonds. The molecule has 0 aromatic heterocycles. The summed E-state index contributed by atoms with van der Waals surface area (Å²) in [6.45, 7) is 4.66. The van der Waals surface area contributed by atoms with Gasteiger partial charge in [0.2, 0.25) is 5.91 Å². The average molecular weight is 288 g/mol. The van der Waals surface area contributed by atoms with Gasteiger partial charge in [0.1, 0.15) is 0 Å². The zero-order valence-corrected chi connectivity index (χ0v) is 11.6. The van der Waals surface area contributed by atoms with E-state index in [9.17, 15) is 18.0 Å². The molecule has 6 heteroatoms. The van der Waals surface area contributed by atoms with E-state index in [1.54, 1.807) is 12.1 Å². The van der Waals surface area contributed by atoms with E-state index >= 15 is 0 Å². The minimum absolute atomic E-state index is 0.0131. The van der Waals surface area contributed by atoms with Gasteiger partial charge in [-0.3, -0.25) is 4.79 Å². The first-order valence-electron chi connectivity index (χ1n) is 6.52. The van der Waals surface area contributed by atoms with Gasteiger partial charge in [-0.15, -0.1) is 0 Å². The van der Waals surface area contributed by atoms with E-state index in [0.717, 1.165) is 12.1 Å². The largest absolute Gasteiger partial charge is 0.389 e. The number of carbonyl (C=O) groups excluding carboxylic acids is 1. The summed E-state index contributed by atoms with van der Waals surface area (Å²) >= 11 is 0. The van der Waals surface area contributed by atoms with Gasteiger partial charge in [0, 0.05) is 18.2 Å². The second-order valence-corrected chi connectivity index (χ2v) is 4.53. The molecule has 0 fully saturated rings. The first kappa shape index (κ1) is 16.5. The number of benzene rings is 1. The van der Waals surface area contributed by atoms with Crippen molar-refractivity contribution in [1.29, 1.82) is 0 Å². The van der Waals surface area contributed by atoms with Crippen molar-refractivity contribution in [3.8, 4) is 0 Å². The first-order chi connectivity index (χ1) is 9.33. The molecule has 0 aliphatic carbocycles. The third-order valence-electron chi connectivity index (χ3n) is 2.85. The molecule has 2 N–H and O–H groups in total. The van der Waals surface area contributed by atoms with Crippen LogP contribution in [-0.2, 0) is 4.79 Å². The smallest absolute Gasteiger partial charge is 0.326 e. The zero-order chi connectivity index (χ0) is 15.2. The predicted molar refractivity (Wildman–Crippen MR) is 72.5 cm³/mol. The molecule has 0 aliphatic rings. The third-order valence-corrected chi connectivity index (χ3v) is 2.85. The normalized spacial score (nSPS) is 13.1. The Kier molecular flexibility index (Phi) is 6.01. The highest BCUT2D eigenvalue weighted by atomic mass is 19.4. The van der Waals surface area contributed by atoms with Gasteiger partial charge in [0.25, 0.3) is 0 Å². The molecule has 0 saturated carbocycles. The van der Waals surface area contributed by atoms with Crippen molar-refractivity contribution in [1.82, 2.24) is 5.32 Å². The molecule has 0 aliphatic heterocycles. The summed E-state index contributed by atoms with van der Waals surface area (Å²) in [5, 5.41) is 5.74. The fraction of sp³-hybridized carbons (Fsp3) is 0.500. The minimum Gasteiger partial charge on any atom is -0.326 e. The summed E-state index contributed by atoms with van der Waals surface area (Å²) in [4.78, 5) is 11.6. The van der Waals surface area contributed by atoms with Crippen LogP contribution in [0.25, 0.3) is 0 Å². The number of rotatable bonds is 6. The van der Waals surface area contributed by atoms with Crippen LogP contribution >= 0.6 is 0 Å². The predicted octanol–water partition coefficient (Wildman–Crippen LogP) is 3.64. The Labute approximate surface area is 116 Å². The van der Waals surface area contributed by atoms with Gasteiger partial charge in [0.05, 0.1) is 6.42 Å². The summed E-state index contributed by atoms with van der Waals surface area (Å²) in [6.07, 6.45) is -5.98. The molecule has 0 radical (unpaired) electrons. The van der Waals surface area contributed by atoms with Gasteiger partial charge in [-0.05, 0) is 25.1 Å². The van der Waals surface area contributed by atoms with Crippen LogP contribution in [0.15, 0.2) is 24.3 Å². The van der Waals surface area contributed by atoms with Crippen LogP contribution in [0.3, 0.4) is 0 Å². The van der Waals surface area contributed by atoms with Crippen molar-refractivity contribution in [3.05, 3.63) is 29.8 Å². The number of hydrogen-bond donors (Lipinski definition) is 2. The van der Waals surface area contributed by atoms with Crippen LogP contribution in [0.1, 0.15) is 38.3 Å². The molecule has 1 unspecified atom stereocenters. The van der Waals surface area contributed by atoms with Gasteiger partial charge in [-0.1, -0.05) is 25.1 Å². The molecule has 1 aromatic rings. The van der Waals surface area contributed by atoms with E-state index in [1.165, 1.54) is 0 Å². The third kappa shape index (κ3) is 5.61. The van der Waals surface area contributed by atoms with Gasteiger partial charge < -0.3 is 10.6 Å². The standard InChI is InChI=1S/C14H19F3N2O/c1-3-18-10(2)11-6-4-5-7-12(11)19-13(20)8-9-14(15,16)17/h4-7,10,18H,3,8-9H2,1-2H3,(H,19,20). The van der Waals surface area contributed by atoms with Crippen molar-refractivity contribution in [2.75, 3.05) is 11.9 Å². The molecule has 0 spiro atoms. The highest BCUT2D eigenvalue weighted by Crippen LogP contribution is 2.24. The molecule has 0 bridgehead atoms. The molecule has 1 rings (SSSR count). The van der Waals surface area contributed by atoms with Crippen molar-refractivity contribution in [2.24, 2.45) is 0 Å². The Bertz CT molecular complexity index is 446. The van der Waals surface area contributed by atoms with Crippen LogP contribution in [0, 0.1) is 0 Å². The maximum atomic E-state index is 12.1. The molecule has 20 heavy (non-hydrogen) atoms. The zero-order valence-electron chi connectivity index (χ0n) is 11.6. The summed E-state index contributed by atoms with van der Waals surface area (Å²) < 4.78 is 36.2. The second-order valence-electron chi connectivity index (χ2n) is 4.53. The minimum atomic E-state index is -4.31. The maximum Gasteiger partial charge on any atom is 0.389 e. The lowest BCUT2D eigenvalue weighted by Crippen LogP contribution is -2.21.